The van der Waals surface area contributed by atoms with Crippen molar-refractivity contribution in [1.29, 1.82) is 0 Å². The number of nitrogens with zero attached hydrogens (tertiary/aromatic N) is 3. The summed E-state index contributed by atoms with van der Waals surface area (Å²) in [7, 11) is 0. The molecule has 1 aliphatic rings. The van der Waals surface area contributed by atoms with Gasteiger partial charge < -0.3 is 14.7 Å². The van der Waals surface area contributed by atoms with Crippen molar-refractivity contribution in [2.24, 2.45) is 0 Å². The molecule has 1 N–H and O–H groups in total. The highest BCUT2D eigenvalue weighted by Gasteiger charge is 2.27. The minimum Gasteiger partial charge on any atom is -0.476 e. The Morgan fingerprint density at radius 3 is 3.14 bits per heavy atom. The SMILES string of the molecule is CCOC1CCCN(c2nc3ccccn3c2C(=O)O)C1. The van der Waals surface area contributed by atoms with Gasteiger partial charge in [0, 0.05) is 25.9 Å². The van der Waals surface area contributed by atoms with Crippen molar-refractivity contribution in [1.82, 2.24) is 9.38 Å². The van der Waals surface area contributed by atoms with Crippen LogP contribution in [-0.2, 0) is 4.74 Å². The van der Waals surface area contributed by atoms with Crippen LogP contribution in [-0.4, -0.2) is 46.3 Å². The monoisotopic (exact) mass is 289 g/mol. The molecule has 0 aromatic carbocycles. The number of anilines is 1. The molecule has 0 radical (unpaired) electrons. The molecule has 0 aliphatic carbocycles. The third-order valence-corrected chi connectivity index (χ3v) is 3.79. The fraction of sp³-hybridized carbons (Fsp3) is 0.467. The highest BCUT2D eigenvalue weighted by atomic mass is 16.5. The lowest BCUT2D eigenvalue weighted by Gasteiger charge is -2.32. The van der Waals surface area contributed by atoms with Gasteiger partial charge in [-0.25, -0.2) is 9.78 Å². The third-order valence-electron chi connectivity index (χ3n) is 3.79. The van der Waals surface area contributed by atoms with Crippen LogP contribution in [0.2, 0.25) is 0 Å². The maximum absolute atomic E-state index is 11.6. The van der Waals surface area contributed by atoms with Crippen molar-refractivity contribution < 1.29 is 14.6 Å². The predicted molar refractivity (Wildman–Crippen MR) is 79.0 cm³/mol. The average Bonchev–Trinajstić information content (AvgIpc) is 2.87. The molecular weight excluding hydrogens is 270 g/mol. The third kappa shape index (κ3) is 2.58. The fourth-order valence-electron chi connectivity index (χ4n) is 2.90. The number of pyridine rings is 1. The number of ether oxygens (including phenoxy) is 1. The van der Waals surface area contributed by atoms with Gasteiger partial charge in [-0.1, -0.05) is 6.07 Å². The maximum Gasteiger partial charge on any atom is 0.356 e. The number of carbonyl (C=O) groups is 1. The summed E-state index contributed by atoms with van der Waals surface area (Å²) >= 11 is 0. The zero-order valence-corrected chi connectivity index (χ0v) is 12.0. The van der Waals surface area contributed by atoms with E-state index < -0.39 is 5.97 Å². The number of hydrogen-bond acceptors (Lipinski definition) is 4. The smallest absolute Gasteiger partial charge is 0.356 e. The predicted octanol–water partition coefficient (Wildman–Crippen LogP) is 2.04. The van der Waals surface area contributed by atoms with Gasteiger partial charge in [-0.05, 0) is 31.9 Å². The van der Waals surface area contributed by atoms with E-state index in [1.165, 1.54) is 0 Å². The lowest BCUT2D eigenvalue weighted by atomic mass is 10.1. The molecule has 3 heterocycles. The van der Waals surface area contributed by atoms with Crippen molar-refractivity contribution in [3.8, 4) is 0 Å². The van der Waals surface area contributed by atoms with E-state index in [9.17, 15) is 9.90 Å². The van der Waals surface area contributed by atoms with Gasteiger partial charge >= 0.3 is 5.97 Å². The van der Waals surface area contributed by atoms with E-state index in [4.69, 9.17) is 4.74 Å². The highest BCUT2D eigenvalue weighted by Crippen LogP contribution is 2.25. The van der Waals surface area contributed by atoms with Crippen molar-refractivity contribution in [2.45, 2.75) is 25.9 Å². The van der Waals surface area contributed by atoms with Crippen LogP contribution in [0.1, 0.15) is 30.3 Å². The Balaban J connectivity index is 1.99. The quantitative estimate of drug-likeness (QED) is 0.933. The zero-order chi connectivity index (χ0) is 14.8. The van der Waals surface area contributed by atoms with Crippen molar-refractivity contribution in [2.75, 3.05) is 24.6 Å². The van der Waals surface area contributed by atoms with E-state index in [0.717, 1.165) is 19.4 Å². The lowest BCUT2D eigenvalue weighted by Crippen LogP contribution is -2.40. The van der Waals surface area contributed by atoms with E-state index in [-0.39, 0.29) is 11.8 Å². The molecule has 112 valence electrons. The number of carboxylic acids is 1. The first kappa shape index (κ1) is 13.9. The molecule has 6 nitrogen and oxygen atoms in total. The number of aromatic nitrogens is 2. The van der Waals surface area contributed by atoms with Gasteiger partial charge in [0.25, 0.3) is 0 Å². The largest absolute Gasteiger partial charge is 0.476 e. The van der Waals surface area contributed by atoms with Crippen LogP contribution in [0.4, 0.5) is 5.82 Å². The standard InChI is InChI=1S/C15H19N3O3/c1-2-21-11-6-5-8-17(10-11)14-13(15(19)20)18-9-4-3-7-12(18)16-14/h3-4,7,9,11H,2,5-6,8,10H2,1H3,(H,19,20). The minimum absolute atomic E-state index is 0.148. The molecule has 1 saturated heterocycles. The van der Waals surface area contributed by atoms with Crippen molar-refractivity contribution in [3.05, 3.63) is 30.1 Å². The minimum atomic E-state index is -0.956. The molecule has 1 aliphatic heterocycles. The van der Waals surface area contributed by atoms with Gasteiger partial charge in [0.1, 0.15) is 5.65 Å². The van der Waals surface area contributed by atoms with E-state index in [0.29, 0.717) is 24.6 Å². The Labute approximate surface area is 123 Å². The molecule has 6 heteroatoms. The van der Waals surface area contributed by atoms with Crippen LogP contribution >= 0.6 is 0 Å². The van der Waals surface area contributed by atoms with E-state index in [1.54, 1.807) is 10.6 Å². The van der Waals surface area contributed by atoms with Crippen LogP contribution in [0.25, 0.3) is 5.65 Å². The second-order valence-electron chi connectivity index (χ2n) is 5.18. The number of fused-ring (bicyclic) bond motifs is 1. The van der Waals surface area contributed by atoms with Gasteiger partial charge in [-0.15, -0.1) is 0 Å². The summed E-state index contributed by atoms with van der Waals surface area (Å²) in [5.74, 6) is -0.416. The number of rotatable bonds is 4. The first-order valence-electron chi connectivity index (χ1n) is 7.27. The fourth-order valence-corrected chi connectivity index (χ4v) is 2.90. The number of imidazole rings is 1. The Kier molecular flexibility index (Phi) is 3.79. The zero-order valence-electron chi connectivity index (χ0n) is 12.0. The number of carboxylic acid groups (broad SMARTS) is 1. The summed E-state index contributed by atoms with van der Waals surface area (Å²) in [5.41, 5.74) is 0.881. The maximum atomic E-state index is 11.6. The number of hydrogen-bond donors (Lipinski definition) is 1. The van der Waals surface area contributed by atoms with Gasteiger partial charge in [-0.2, -0.15) is 0 Å². The van der Waals surface area contributed by atoms with E-state index in [1.807, 2.05) is 30.0 Å². The summed E-state index contributed by atoms with van der Waals surface area (Å²) < 4.78 is 7.31. The average molecular weight is 289 g/mol. The Morgan fingerprint density at radius 2 is 2.38 bits per heavy atom. The van der Waals surface area contributed by atoms with Gasteiger partial charge in [0.05, 0.1) is 6.10 Å². The van der Waals surface area contributed by atoms with Crippen LogP contribution in [0.15, 0.2) is 24.4 Å². The molecule has 1 atom stereocenters. The molecule has 0 amide bonds. The molecule has 1 fully saturated rings. The molecule has 1 unspecified atom stereocenters. The normalized spacial score (nSPS) is 19.1. The topological polar surface area (TPSA) is 67.1 Å². The van der Waals surface area contributed by atoms with Crippen LogP contribution in [0, 0.1) is 0 Å². The summed E-state index contributed by atoms with van der Waals surface area (Å²) in [4.78, 5) is 18.2. The summed E-state index contributed by atoms with van der Waals surface area (Å²) in [6.45, 7) is 4.16. The van der Waals surface area contributed by atoms with Crippen molar-refractivity contribution >= 4 is 17.4 Å². The second-order valence-corrected chi connectivity index (χ2v) is 5.18. The summed E-state index contributed by atoms with van der Waals surface area (Å²) in [5, 5.41) is 9.53. The van der Waals surface area contributed by atoms with E-state index in [2.05, 4.69) is 4.98 Å². The molecule has 2 aromatic heterocycles. The van der Waals surface area contributed by atoms with Crippen LogP contribution < -0.4 is 4.90 Å². The second kappa shape index (κ2) is 5.73. The molecule has 0 bridgehead atoms. The number of piperidine rings is 1. The van der Waals surface area contributed by atoms with E-state index >= 15 is 0 Å². The molecule has 21 heavy (non-hydrogen) atoms. The summed E-state index contributed by atoms with van der Waals surface area (Å²) in [6, 6.07) is 5.49. The molecule has 0 spiro atoms. The van der Waals surface area contributed by atoms with Crippen molar-refractivity contribution in [3.63, 3.8) is 0 Å². The molecular formula is C15H19N3O3. The van der Waals surface area contributed by atoms with Gasteiger partial charge in [0.2, 0.25) is 0 Å². The van der Waals surface area contributed by atoms with Gasteiger partial charge in [-0.3, -0.25) is 4.40 Å². The molecule has 2 aromatic rings. The lowest BCUT2D eigenvalue weighted by molar-refractivity contribution is 0.0522. The Bertz CT molecular complexity index is 651. The highest BCUT2D eigenvalue weighted by molar-refractivity contribution is 5.93. The first-order valence-corrected chi connectivity index (χ1v) is 7.27. The summed E-state index contributed by atoms with van der Waals surface area (Å²) in [6.07, 6.45) is 3.88. The number of aromatic carboxylic acids is 1. The molecule has 0 saturated carbocycles. The van der Waals surface area contributed by atoms with Gasteiger partial charge in [0.15, 0.2) is 11.5 Å². The van der Waals surface area contributed by atoms with Crippen LogP contribution in [0.5, 0.6) is 0 Å². The Hall–Kier alpha value is -2.08. The van der Waals surface area contributed by atoms with Crippen LogP contribution in [0.3, 0.4) is 0 Å². The molecule has 3 rings (SSSR count). The first-order chi connectivity index (χ1) is 10.2. The Morgan fingerprint density at radius 1 is 1.52 bits per heavy atom.